The Bertz CT molecular complexity index is 753. The Balaban J connectivity index is 1.72. The molecule has 1 atom stereocenters. The summed E-state index contributed by atoms with van der Waals surface area (Å²) >= 11 is 2.27. The van der Waals surface area contributed by atoms with E-state index in [2.05, 4.69) is 95.6 Å². The number of piperidine rings is 1. The Labute approximate surface area is 183 Å². The highest BCUT2D eigenvalue weighted by Gasteiger charge is 2.24. The van der Waals surface area contributed by atoms with Crippen molar-refractivity contribution in [2.75, 3.05) is 26.2 Å². The first-order chi connectivity index (χ1) is 13.5. The highest BCUT2D eigenvalue weighted by molar-refractivity contribution is 14.1. The van der Waals surface area contributed by atoms with Crippen LogP contribution in [0.4, 0.5) is 0 Å². The Morgan fingerprint density at radius 2 is 1.71 bits per heavy atom. The normalized spacial score (nSPS) is 17.2. The minimum atomic E-state index is 0.322. The molecule has 0 spiro atoms. The summed E-state index contributed by atoms with van der Waals surface area (Å²) in [5.74, 6) is 0.776. The molecule has 4 heteroatoms. The highest BCUT2D eigenvalue weighted by atomic mass is 127. The van der Waals surface area contributed by atoms with Gasteiger partial charge in [0.2, 0.25) is 0 Å². The summed E-state index contributed by atoms with van der Waals surface area (Å²) in [6, 6.07) is 15.7. The standard InChI is InChI=1S/C24H33IN2O/c1-4-27(5-2)22-11-13-26(14-12-22)17-21-15-20(16-23(25)24(21)28)18(3)19-9-7-6-8-10-19/h6-10,15-16,18,22,28H,4-5,11-14,17H2,1-3H3/t18-/m1/s1. The van der Waals surface area contributed by atoms with E-state index in [4.69, 9.17) is 0 Å². The Kier molecular flexibility index (Phi) is 7.77. The van der Waals surface area contributed by atoms with Gasteiger partial charge in [-0.05, 0) is 78.8 Å². The zero-order valence-electron chi connectivity index (χ0n) is 17.4. The first kappa shape index (κ1) is 21.6. The van der Waals surface area contributed by atoms with Gasteiger partial charge in [-0.3, -0.25) is 4.90 Å². The first-order valence-electron chi connectivity index (χ1n) is 10.6. The van der Waals surface area contributed by atoms with E-state index in [1.54, 1.807) is 0 Å². The van der Waals surface area contributed by atoms with Crippen LogP contribution in [-0.4, -0.2) is 47.1 Å². The van der Waals surface area contributed by atoms with Crippen LogP contribution < -0.4 is 0 Å². The van der Waals surface area contributed by atoms with Crippen LogP contribution >= 0.6 is 22.6 Å². The van der Waals surface area contributed by atoms with E-state index in [1.165, 1.54) is 24.0 Å². The molecule has 2 aromatic rings. The molecule has 0 unspecified atom stereocenters. The van der Waals surface area contributed by atoms with Gasteiger partial charge in [0.1, 0.15) is 5.75 Å². The fourth-order valence-electron chi connectivity index (χ4n) is 4.41. The van der Waals surface area contributed by atoms with Crippen molar-refractivity contribution in [2.24, 2.45) is 0 Å². The van der Waals surface area contributed by atoms with E-state index >= 15 is 0 Å². The van der Waals surface area contributed by atoms with Crippen molar-refractivity contribution in [1.29, 1.82) is 0 Å². The van der Waals surface area contributed by atoms with Crippen molar-refractivity contribution >= 4 is 22.6 Å². The molecule has 0 amide bonds. The van der Waals surface area contributed by atoms with Crippen molar-refractivity contribution < 1.29 is 5.11 Å². The summed E-state index contributed by atoms with van der Waals surface area (Å²) in [6.45, 7) is 12.1. The van der Waals surface area contributed by atoms with E-state index in [9.17, 15) is 5.11 Å². The van der Waals surface area contributed by atoms with Gasteiger partial charge in [0.15, 0.2) is 0 Å². The number of phenols is 1. The number of halogens is 1. The Morgan fingerprint density at radius 3 is 2.32 bits per heavy atom. The van der Waals surface area contributed by atoms with E-state index in [1.807, 2.05) is 0 Å². The van der Waals surface area contributed by atoms with Crippen molar-refractivity contribution in [1.82, 2.24) is 9.80 Å². The molecule has 0 aliphatic carbocycles. The van der Waals surface area contributed by atoms with Crippen molar-refractivity contribution in [2.45, 2.75) is 52.1 Å². The molecule has 28 heavy (non-hydrogen) atoms. The number of hydrogen-bond acceptors (Lipinski definition) is 3. The molecule has 1 saturated heterocycles. The summed E-state index contributed by atoms with van der Waals surface area (Å²) < 4.78 is 0.950. The largest absolute Gasteiger partial charge is 0.507 e. The maximum absolute atomic E-state index is 10.7. The van der Waals surface area contributed by atoms with E-state index in [-0.39, 0.29) is 0 Å². The van der Waals surface area contributed by atoms with Gasteiger partial charge in [-0.2, -0.15) is 0 Å². The molecular weight excluding hydrogens is 459 g/mol. The van der Waals surface area contributed by atoms with Gasteiger partial charge in [0, 0.05) is 24.1 Å². The number of aromatic hydroxyl groups is 1. The smallest absolute Gasteiger partial charge is 0.133 e. The fourth-order valence-corrected chi connectivity index (χ4v) is 5.11. The SMILES string of the molecule is CCN(CC)C1CCN(Cc2cc([C@H](C)c3ccccc3)cc(I)c2O)CC1. The predicted octanol–water partition coefficient (Wildman–Crippen LogP) is 5.45. The molecule has 2 aromatic carbocycles. The number of rotatable bonds is 7. The second kappa shape index (κ2) is 10.1. The number of likely N-dealkylation sites (tertiary alicyclic amines) is 1. The molecule has 3 nitrogen and oxygen atoms in total. The lowest BCUT2D eigenvalue weighted by atomic mass is 9.91. The average molecular weight is 492 g/mol. The zero-order chi connectivity index (χ0) is 20.1. The van der Waals surface area contributed by atoms with Crippen molar-refractivity contribution in [3.63, 3.8) is 0 Å². The maximum atomic E-state index is 10.7. The second-order valence-corrected chi connectivity index (χ2v) is 9.03. The molecule has 0 saturated carbocycles. The highest BCUT2D eigenvalue weighted by Crippen LogP contribution is 2.33. The van der Waals surface area contributed by atoms with Crippen LogP contribution in [0.5, 0.6) is 5.75 Å². The van der Waals surface area contributed by atoms with Crippen LogP contribution in [0, 0.1) is 3.57 Å². The number of phenolic OH excluding ortho intramolecular Hbond substituents is 1. The van der Waals surface area contributed by atoms with Gasteiger partial charge in [0.25, 0.3) is 0 Å². The third-order valence-corrected chi connectivity index (χ3v) is 7.07. The predicted molar refractivity (Wildman–Crippen MR) is 126 cm³/mol. The van der Waals surface area contributed by atoms with E-state index in [0.29, 0.717) is 17.7 Å². The molecule has 1 heterocycles. The molecule has 0 bridgehead atoms. The third-order valence-electron chi connectivity index (χ3n) is 6.24. The van der Waals surface area contributed by atoms with Crippen LogP contribution in [0.15, 0.2) is 42.5 Å². The third kappa shape index (κ3) is 5.08. The first-order valence-corrected chi connectivity index (χ1v) is 11.6. The van der Waals surface area contributed by atoms with Crippen LogP contribution in [0.2, 0.25) is 0 Å². The summed E-state index contributed by atoms with van der Waals surface area (Å²) in [5.41, 5.74) is 3.65. The maximum Gasteiger partial charge on any atom is 0.133 e. The molecular formula is C24H33IN2O. The lowest BCUT2D eigenvalue weighted by Crippen LogP contribution is -2.44. The summed E-state index contributed by atoms with van der Waals surface area (Å²) in [7, 11) is 0. The van der Waals surface area contributed by atoms with Crippen LogP contribution in [0.3, 0.4) is 0 Å². The van der Waals surface area contributed by atoms with Crippen LogP contribution in [0.25, 0.3) is 0 Å². The summed E-state index contributed by atoms with van der Waals surface area (Å²) in [6.07, 6.45) is 2.44. The van der Waals surface area contributed by atoms with Gasteiger partial charge < -0.3 is 10.0 Å². The molecule has 0 radical (unpaired) electrons. The fraction of sp³-hybridized carbons (Fsp3) is 0.500. The molecule has 1 fully saturated rings. The molecule has 3 rings (SSSR count). The average Bonchev–Trinajstić information content (AvgIpc) is 2.73. The molecule has 0 aromatic heterocycles. The lowest BCUT2D eigenvalue weighted by Gasteiger charge is -2.37. The van der Waals surface area contributed by atoms with Gasteiger partial charge in [-0.1, -0.05) is 57.2 Å². The topological polar surface area (TPSA) is 26.7 Å². The molecule has 152 valence electrons. The van der Waals surface area contributed by atoms with Crippen LogP contribution in [0.1, 0.15) is 56.2 Å². The molecule has 1 aliphatic heterocycles. The van der Waals surface area contributed by atoms with Gasteiger partial charge >= 0.3 is 0 Å². The van der Waals surface area contributed by atoms with Gasteiger partial charge in [-0.25, -0.2) is 0 Å². The van der Waals surface area contributed by atoms with Crippen molar-refractivity contribution in [3.05, 3.63) is 62.7 Å². The van der Waals surface area contributed by atoms with Gasteiger partial charge in [0.05, 0.1) is 3.57 Å². The minimum Gasteiger partial charge on any atom is -0.507 e. The minimum absolute atomic E-state index is 0.322. The Morgan fingerprint density at radius 1 is 1.07 bits per heavy atom. The summed E-state index contributed by atoms with van der Waals surface area (Å²) in [5, 5.41) is 10.7. The Hall–Kier alpha value is -1.11. The van der Waals surface area contributed by atoms with E-state index in [0.717, 1.165) is 41.9 Å². The second-order valence-electron chi connectivity index (χ2n) is 7.87. The quantitative estimate of drug-likeness (QED) is 0.521. The number of benzene rings is 2. The lowest BCUT2D eigenvalue weighted by molar-refractivity contribution is 0.112. The monoisotopic (exact) mass is 492 g/mol. The zero-order valence-corrected chi connectivity index (χ0v) is 19.5. The number of hydrogen-bond donors (Lipinski definition) is 1. The van der Waals surface area contributed by atoms with Crippen molar-refractivity contribution in [3.8, 4) is 5.75 Å². The molecule has 1 N–H and O–H groups in total. The van der Waals surface area contributed by atoms with Crippen LogP contribution in [-0.2, 0) is 6.54 Å². The van der Waals surface area contributed by atoms with E-state index < -0.39 is 0 Å². The summed E-state index contributed by atoms with van der Waals surface area (Å²) in [4.78, 5) is 5.09. The molecule has 1 aliphatic rings. The number of nitrogens with zero attached hydrogens (tertiary/aromatic N) is 2. The van der Waals surface area contributed by atoms with Gasteiger partial charge in [-0.15, -0.1) is 0 Å².